The lowest BCUT2D eigenvalue weighted by molar-refractivity contribution is 0.158. The Balaban J connectivity index is 1.34. The second-order valence-electron chi connectivity index (χ2n) is 5.41. The molecule has 3 rings (SSSR count). The van der Waals surface area contributed by atoms with Gasteiger partial charge in [-0.25, -0.2) is 0 Å². The molecule has 2 aliphatic rings. The smallest absolute Gasteiger partial charge is 0.136 e. The maximum atomic E-state index is 12.1. The summed E-state index contributed by atoms with van der Waals surface area (Å²) < 4.78 is 19.9. The third-order valence-corrected chi connectivity index (χ3v) is 5.73. The maximum Gasteiger partial charge on any atom is 0.136 e. The molecular formula is C15H22N2O2S. The summed E-state index contributed by atoms with van der Waals surface area (Å²) in [5.41, 5.74) is 0. The van der Waals surface area contributed by atoms with Crippen molar-refractivity contribution >= 4 is 11.4 Å². The predicted molar refractivity (Wildman–Crippen MR) is 81.1 cm³/mol. The fraction of sp³-hybridized carbons (Fsp3) is 0.600. The Morgan fingerprint density at radius 1 is 1.10 bits per heavy atom. The minimum Gasteiger partial charge on any atom is -0.598 e. The average Bonchev–Trinajstić information content (AvgIpc) is 3.33. The Morgan fingerprint density at radius 2 is 1.80 bits per heavy atom. The Hall–Kier alpha value is -0.750. The van der Waals surface area contributed by atoms with Gasteiger partial charge in [-0.1, -0.05) is 18.2 Å². The van der Waals surface area contributed by atoms with Gasteiger partial charge in [-0.15, -0.1) is 4.31 Å². The number of nitrogens with zero attached hydrogens (tertiary/aromatic N) is 2. The highest BCUT2D eigenvalue weighted by atomic mass is 32.2. The first-order valence-electron chi connectivity index (χ1n) is 7.39. The van der Waals surface area contributed by atoms with E-state index in [1.807, 2.05) is 30.3 Å². The summed E-state index contributed by atoms with van der Waals surface area (Å²) in [6, 6.07) is 9.93. The molecule has 20 heavy (non-hydrogen) atoms. The van der Waals surface area contributed by atoms with E-state index in [9.17, 15) is 4.55 Å². The summed E-state index contributed by atoms with van der Waals surface area (Å²) in [5.74, 6) is 0.931. The highest BCUT2D eigenvalue weighted by Crippen LogP contribution is 2.31. The van der Waals surface area contributed by atoms with Crippen molar-refractivity contribution in [3.05, 3.63) is 30.3 Å². The SMILES string of the molecule is [O-][S+](C1CC1)N1CCN(CCOc2ccccc2)CC1. The molecule has 1 atom stereocenters. The lowest BCUT2D eigenvalue weighted by atomic mass is 10.3. The van der Waals surface area contributed by atoms with Gasteiger partial charge in [0.15, 0.2) is 0 Å². The van der Waals surface area contributed by atoms with Crippen molar-refractivity contribution in [2.75, 3.05) is 39.3 Å². The van der Waals surface area contributed by atoms with Gasteiger partial charge in [0.25, 0.3) is 0 Å². The molecule has 1 unspecified atom stereocenters. The van der Waals surface area contributed by atoms with Gasteiger partial charge >= 0.3 is 0 Å². The van der Waals surface area contributed by atoms with E-state index in [1.54, 1.807) is 0 Å². The van der Waals surface area contributed by atoms with Gasteiger partial charge in [-0.2, -0.15) is 0 Å². The standard InChI is InChI=1S/C15H22N2O2S/c18-20(15-6-7-15)17-10-8-16(9-11-17)12-13-19-14-4-2-1-3-5-14/h1-5,15H,6-13H2. The summed E-state index contributed by atoms with van der Waals surface area (Å²) in [4.78, 5) is 2.39. The molecule has 5 heteroatoms. The molecule has 110 valence electrons. The number of rotatable bonds is 6. The molecule has 1 saturated heterocycles. The van der Waals surface area contributed by atoms with E-state index in [4.69, 9.17) is 4.74 Å². The quantitative estimate of drug-likeness (QED) is 0.746. The Kier molecular flexibility index (Phi) is 4.83. The highest BCUT2D eigenvalue weighted by molar-refractivity contribution is 7.90. The van der Waals surface area contributed by atoms with E-state index in [1.165, 1.54) is 0 Å². The zero-order valence-corrected chi connectivity index (χ0v) is 12.6. The molecule has 4 nitrogen and oxygen atoms in total. The third-order valence-electron chi connectivity index (χ3n) is 3.81. The topological polar surface area (TPSA) is 38.8 Å². The van der Waals surface area contributed by atoms with Crippen molar-refractivity contribution in [3.8, 4) is 5.75 Å². The first-order valence-corrected chi connectivity index (χ1v) is 8.56. The maximum absolute atomic E-state index is 12.1. The second-order valence-corrected chi connectivity index (χ2v) is 7.14. The summed E-state index contributed by atoms with van der Waals surface area (Å²) >= 11 is -0.722. The van der Waals surface area contributed by atoms with E-state index in [0.717, 1.165) is 57.9 Å². The van der Waals surface area contributed by atoms with Crippen LogP contribution in [0.2, 0.25) is 0 Å². The van der Waals surface area contributed by atoms with Crippen molar-refractivity contribution in [2.24, 2.45) is 0 Å². The van der Waals surface area contributed by atoms with Crippen molar-refractivity contribution < 1.29 is 9.29 Å². The average molecular weight is 294 g/mol. The minimum atomic E-state index is -0.722. The molecule has 0 spiro atoms. The lowest BCUT2D eigenvalue weighted by Crippen LogP contribution is -2.50. The number of ether oxygens (including phenoxy) is 1. The molecule has 0 amide bonds. The molecular weight excluding hydrogens is 272 g/mol. The van der Waals surface area contributed by atoms with Crippen LogP contribution >= 0.6 is 0 Å². The molecule has 1 aliphatic carbocycles. The van der Waals surface area contributed by atoms with Crippen LogP contribution in [0.25, 0.3) is 0 Å². The van der Waals surface area contributed by atoms with Crippen molar-refractivity contribution in [3.63, 3.8) is 0 Å². The summed E-state index contributed by atoms with van der Waals surface area (Å²) in [7, 11) is 0. The molecule has 1 aliphatic heterocycles. The first kappa shape index (κ1) is 14.2. The van der Waals surface area contributed by atoms with Crippen LogP contribution in [0, 0.1) is 0 Å². The number of benzene rings is 1. The molecule has 2 fully saturated rings. The molecule has 0 bridgehead atoms. The molecule has 0 aromatic heterocycles. The summed E-state index contributed by atoms with van der Waals surface area (Å²) in [6.45, 7) is 5.50. The number of piperazine rings is 1. The van der Waals surface area contributed by atoms with Crippen LogP contribution in [0.15, 0.2) is 30.3 Å². The first-order chi connectivity index (χ1) is 9.83. The fourth-order valence-corrected chi connectivity index (χ4v) is 3.91. The van der Waals surface area contributed by atoms with Crippen LogP contribution in [0.1, 0.15) is 12.8 Å². The van der Waals surface area contributed by atoms with Crippen LogP contribution < -0.4 is 4.74 Å². The molecule has 1 aromatic rings. The van der Waals surface area contributed by atoms with Crippen LogP contribution in [-0.2, 0) is 11.4 Å². The molecule has 0 radical (unpaired) electrons. The number of para-hydroxylation sites is 1. The van der Waals surface area contributed by atoms with E-state index in [0.29, 0.717) is 5.25 Å². The van der Waals surface area contributed by atoms with E-state index in [2.05, 4.69) is 9.21 Å². The van der Waals surface area contributed by atoms with Crippen LogP contribution in [0.4, 0.5) is 0 Å². The van der Waals surface area contributed by atoms with Gasteiger partial charge < -0.3 is 9.29 Å². The Bertz CT molecular complexity index is 406. The Labute approximate surface area is 124 Å². The fourth-order valence-electron chi connectivity index (χ4n) is 2.42. The largest absolute Gasteiger partial charge is 0.598 e. The van der Waals surface area contributed by atoms with E-state index in [-0.39, 0.29) is 0 Å². The summed E-state index contributed by atoms with van der Waals surface area (Å²) in [6.07, 6.45) is 2.30. The molecule has 0 N–H and O–H groups in total. The summed E-state index contributed by atoms with van der Waals surface area (Å²) in [5, 5.41) is 0.461. The van der Waals surface area contributed by atoms with Crippen LogP contribution in [0.5, 0.6) is 5.75 Å². The highest BCUT2D eigenvalue weighted by Gasteiger charge is 2.39. The lowest BCUT2D eigenvalue weighted by Gasteiger charge is -2.34. The normalized spacial score (nSPS) is 22.6. The van der Waals surface area contributed by atoms with Crippen LogP contribution in [0.3, 0.4) is 0 Å². The zero-order chi connectivity index (χ0) is 13.8. The molecule has 1 heterocycles. The van der Waals surface area contributed by atoms with Crippen molar-refractivity contribution in [1.29, 1.82) is 0 Å². The van der Waals surface area contributed by atoms with Crippen molar-refractivity contribution in [2.45, 2.75) is 18.1 Å². The van der Waals surface area contributed by atoms with E-state index >= 15 is 0 Å². The van der Waals surface area contributed by atoms with Gasteiger partial charge in [0.05, 0.1) is 13.1 Å². The van der Waals surface area contributed by atoms with Gasteiger partial charge in [0.1, 0.15) is 17.6 Å². The van der Waals surface area contributed by atoms with E-state index < -0.39 is 11.4 Å². The van der Waals surface area contributed by atoms with Gasteiger partial charge in [-0.3, -0.25) is 4.90 Å². The van der Waals surface area contributed by atoms with Crippen molar-refractivity contribution in [1.82, 2.24) is 9.21 Å². The predicted octanol–water partition coefficient (Wildman–Crippen LogP) is 1.51. The third kappa shape index (κ3) is 3.88. The Morgan fingerprint density at radius 3 is 2.45 bits per heavy atom. The van der Waals surface area contributed by atoms with Gasteiger partial charge in [0, 0.05) is 43.8 Å². The zero-order valence-electron chi connectivity index (χ0n) is 11.7. The molecule has 1 aromatic carbocycles. The van der Waals surface area contributed by atoms with Crippen LogP contribution in [-0.4, -0.2) is 58.3 Å². The van der Waals surface area contributed by atoms with Gasteiger partial charge in [-0.05, 0) is 12.1 Å². The number of hydrogen-bond acceptors (Lipinski definition) is 4. The monoisotopic (exact) mass is 294 g/mol. The number of hydrogen-bond donors (Lipinski definition) is 0. The minimum absolute atomic E-state index is 0.461. The second kappa shape index (κ2) is 6.80. The molecule has 1 saturated carbocycles. The van der Waals surface area contributed by atoms with Gasteiger partial charge in [0.2, 0.25) is 0 Å².